The van der Waals surface area contributed by atoms with Gasteiger partial charge in [0, 0.05) is 36.7 Å². The third kappa shape index (κ3) is 6.37. The van der Waals surface area contributed by atoms with E-state index < -0.39 is 17.6 Å². The lowest BCUT2D eigenvalue weighted by atomic mass is 10.0. The second kappa shape index (κ2) is 12.4. The van der Waals surface area contributed by atoms with Crippen LogP contribution in [0.1, 0.15) is 27.3 Å². The molecule has 5 rings (SSSR count). The molecular weight excluding hydrogens is 552 g/mol. The van der Waals surface area contributed by atoms with Crippen molar-refractivity contribution in [2.45, 2.75) is 19.6 Å². The third-order valence-corrected chi connectivity index (χ3v) is 6.80. The third-order valence-electron chi connectivity index (χ3n) is 6.55. The van der Waals surface area contributed by atoms with Crippen molar-refractivity contribution in [2.75, 3.05) is 20.8 Å². The summed E-state index contributed by atoms with van der Waals surface area (Å²) in [5, 5.41) is 0.620. The van der Waals surface area contributed by atoms with Gasteiger partial charge in [-0.2, -0.15) is 0 Å². The number of aromatic nitrogens is 3. The molecule has 0 N–H and O–H groups in total. The molecule has 0 radical (unpaired) electrons. The zero-order chi connectivity index (χ0) is 28.9. The quantitative estimate of drug-likeness (QED) is 0.173. The molecule has 10 heteroatoms. The van der Waals surface area contributed by atoms with E-state index in [1.165, 1.54) is 7.11 Å². The summed E-state index contributed by atoms with van der Waals surface area (Å²) < 4.78 is 48.4. The van der Waals surface area contributed by atoms with Gasteiger partial charge in [0.2, 0.25) is 5.88 Å². The molecule has 2 heterocycles. The number of methoxy groups -OCH3 is 2. The van der Waals surface area contributed by atoms with Crippen LogP contribution in [-0.2, 0) is 29.0 Å². The van der Waals surface area contributed by atoms with Crippen molar-refractivity contribution in [1.82, 2.24) is 14.5 Å². The van der Waals surface area contributed by atoms with Gasteiger partial charge in [-0.05, 0) is 59.7 Å². The second-order valence-corrected chi connectivity index (χ2v) is 9.68. The van der Waals surface area contributed by atoms with Crippen molar-refractivity contribution in [2.24, 2.45) is 0 Å². The van der Waals surface area contributed by atoms with Crippen LogP contribution in [0.2, 0.25) is 5.02 Å². The molecule has 0 atom stereocenters. The van der Waals surface area contributed by atoms with Gasteiger partial charge < -0.3 is 18.8 Å². The first-order valence-electron chi connectivity index (χ1n) is 12.7. The number of fused-ring (bicyclic) bond motifs is 1. The molecule has 0 unspecified atom stereocenters. The molecule has 0 amide bonds. The summed E-state index contributed by atoms with van der Waals surface area (Å²) in [5.74, 6) is -0.933. The number of carbonyl (C=O) groups excluding carboxylic acids is 1. The Bertz CT molecular complexity index is 1710. The first-order valence-corrected chi connectivity index (χ1v) is 13.1. The fraction of sp³-hybridized carbons (Fsp3) is 0.194. The fourth-order valence-electron chi connectivity index (χ4n) is 4.46. The summed E-state index contributed by atoms with van der Waals surface area (Å²) in [4.78, 5) is 21.1. The van der Waals surface area contributed by atoms with Crippen molar-refractivity contribution in [1.29, 1.82) is 0 Å². The summed E-state index contributed by atoms with van der Waals surface area (Å²) >= 11 is 5.92. The van der Waals surface area contributed by atoms with E-state index >= 15 is 8.78 Å². The molecule has 0 bridgehead atoms. The molecule has 0 saturated heterocycles. The lowest BCUT2D eigenvalue weighted by molar-refractivity contribution is 0.0601. The van der Waals surface area contributed by atoms with Gasteiger partial charge in [0.1, 0.15) is 24.1 Å². The Morgan fingerprint density at radius 3 is 2.51 bits per heavy atom. The van der Waals surface area contributed by atoms with E-state index in [1.807, 2.05) is 16.7 Å². The Morgan fingerprint density at radius 2 is 1.76 bits per heavy atom. The number of esters is 1. The average Bonchev–Trinajstić information content (AvgIpc) is 3.33. The lowest BCUT2D eigenvalue weighted by Crippen LogP contribution is -2.10. The van der Waals surface area contributed by atoms with Crippen LogP contribution in [0.3, 0.4) is 0 Å². The minimum atomic E-state index is -0.628. The van der Waals surface area contributed by atoms with Crippen LogP contribution >= 0.6 is 11.6 Å². The topological polar surface area (TPSA) is 75.5 Å². The van der Waals surface area contributed by atoms with Gasteiger partial charge in [-0.3, -0.25) is 0 Å². The first kappa shape index (κ1) is 28.2. The molecule has 0 aliphatic heterocycles. The highest BCUT2D eigenvalue weighted by molar-refractivity contribution is 6.30. The number of pyridine rings is 1. The number of rotatable bonds is 10. The van der Waals surface area contributed by atoms with Gasteiger partial charge in [0.25, 0.3) is 0 Å². The Labute approximate surface area is 240 Å². The van der Waals surface area contributed by atoms with Crippen LogP contribution in [0.4, 0.5) is 8.78 Å². The zero-order valence-corrected chi connectivity index (χ0v) is 23.1. The van der Waals surface area contributed by atoms with Crippen LogP contribution < -0.4 is 4.74 Å². The Balaban J connectivity index is 1.41. The molecule has 0 aliphatic rings. The zero-order valence-electron chi connectivity index (χ0n) is 22.4. The van der Waals surface area contributed by atoms with Crippen molar-refractivity contribution in [3.63, 3.8) is 0 Å². The van der Waals surface area contributed by atoms with Crippen LogP contribution in [0, 0.1) is 11.6 Å². The maximum atomic E-state index is 15.4. The molecule has 3 aromatic carbocycles. The maximum Gasteiger partial charge on any atom is 0.337 e. The standard InChI is InChI=1S/C31H26ClF2N3O4/c1-39-13-12-37-28-15-20(31(38)40-2)8-11-27(28)35-29(37)16-21-14-25(34)23(17-24(21)33)26-4-3-5-30(36-26)41-18-19-6-9-22(32)10-7-19/h3-11,14-15,17H,12-13,16,18H2,1-2H3. The van der Waals surface area contributed by atoms with Crippen LogP contribution in [0.5, 0.6) is 5.88 Å². The number of ether oxygens (including phenoxy) is 3. The molecule has 41 heavy (non-hydrogen) atoms. The van der Waals surface area contributed by atoms with E-state index in [9.17, 15) is 4.79 Å². The Morgan fingerprint density at radius 1 is 0.951 bits per heavy atom. The highest BCUT2D eigenvalue weighted by Gasteiger charge is 2.19. The highest BCUT2D eigenvalue weighted by atomic mass is 35.5. The summed E-state index contributed by atoms with van der Waals surface area (Å²) in [6, 6.07) is 19.4. The summed E-state index contributed by atoms with van der Waals surface area (Å²) in [6.45, 7) is 1.01. The number of imidazole rings is 1. The Kier molecular flexibility index (Phi) is 8.56. The van der Waals surface area contributed by atoms with Crippen LogP contribution in [0.15, 0.2) is 72.8 Å². The van der Waals surface area contributed by atoms with Gasteiger partial charge in [-0.25, -0.2) is 23.5 Å². The largest absolute Gasteiger partial charge is 0.473 e. The number of hydrogen-bond donors (Lipinski definition) is 0. The van der Waals surface area contributed by atoms with E-state index in [0.717, 1.165) is 17.7 Å². The van der Waals surface area contributed by atoms with Crippen LogP contribution in [0.25, 0.3) is 22.3 Å². The summed E-state index contributed by atoms with van der Waals surface area (Å²) in [6.07, 6.45) is 0.0205. The molecule has 7 nitrogen and oxygen atoms in total. The Hall–Kier alpha value is -4.34. The first-order chi connectivity index (χ1) is 19.9. The smallest absolute Gasteiger partial charge is 0.337 e. The molecule has 210 valence electrons. The number of hydrogen-bond acceptors (Lipinski definition) is 6. The molecular formula is C31H26ClF2N3O4. The second-order valence-electron chi connectivity index (χ2n) is 9.24. The van der Waals surface area contributed by atoms with Crippen molar-refractivity contribution in [3.05, 3.63) is 112 Å². The molecule has 2 aromatic heterocycles. The van der Waals surface area contributed by atoms with E-state index in [-0.39, 0.29) is 35.7 Å². The fourth-order valence-corrected chi connectivity index (χ4v) is 4.58. The average molecular weight is 578 g/mol. The number of benzene rings is 3. The normalized spacial score (nSPS) is 11.1. The summed E-state index contributed by atoms with van der Waals surface area (Å²) in [5.41, 5.74) is 2.91. The molecule has 0 saturated carbocycles. The SMILES string of the molecule is COCCn1c(Cc2cc(F)c(-c3cccc(OCc4ccc(Cl)cc4)n3)cc2F)nc2ccc(C(=O)OC)cc21. The van der Waals surface area contributed by atoms with Crippen molar-refractivity contribution < 1.29 is 27.8 Å². The molecule has 0 spiro atoms. The molecule has 0 fully saturated rings. The maximum absolute atomic E-state index is 15.4. The van der Waals surface area contributed by atoms with Crippen molar-refractivity contribution >= 4 is 28.6 Å². The predicted molar refractivity (Wildman–Crippen MR) is 151 cm³/mol. The molecule has 5 aromatic rings. The number of carbonyl (C=O) groups is 1. The van der Waals surface area contributed by atoms with E-state index in [4.69, 9.17) is 25.8 Å². The number of halogens is 3. The van der Waals surface area contributed by atoms with E-state index in [0.29, 0.717) is 40.6 Å². The van der Waals surface area contributed by atoms with Gasteiger partial charge in [0.15, 0.2) is 0 Å². The summed E-state index contributed by atoms with van der Waals surface area (Å²) in [7, 11) is 2.87. The minimum Gasteiger partial charge on any atom is -0.473 e. The van der Waals surface area contributed by atoms with Gasteiger partial charge in [0.05, 0.1) is 36.0 Å². The molecule has 0 aliphatic carbocycles. The van der Waals surface area contributed by atoms with Gasteiger partial charge in [-0.1, -0.05) is 29.8 Å². The highest BCUT2D eigenvalue weighted by Crippen LogP contribution is 2.28. The predicted octanol–water partition coefficient (Wildman–Crippen LogP) is 6.63. The van der Waals surface area contributed by atoms with E-state index in [1.54, 1.807) is 55.6 Å². The van der Waals surface area contributed by atoms with Gasteiger partial charge >= 0.3 is 5.97 Å². The minimum absolute atomic E-state index is 0.0128. The lowest BCUT2D eigenvalue weighted by Gasteiger charge is -2.12. The monoisotopic (exact) mass is 577 g/mol. The van der Waals surface area contributed by atoms with Crippen LogP contribution in [-0.4, -0.2) is 41.3 Å². The number of nitrogens with zero attached hydrogens (tertiary/aromatic N) is 3. The van der Waals surface area contributed by atoms with Crippen molar-refractivity contribution in [3.8, 4) is 17.1 Å². The van der Waals surface area contributed by atoms with Gasteiger partial charge in [-0.15, -0.1) is 0 Å². The van der Waals surface area contributed by atoms with E-state index in [2.05, 4.69) is 9.97 Å².